The lowest BCUT2D eigenvalue weighted by Crippen LogP contribution is -2.35. The quantitative estimate of drug-likeness (QED) is 0.703. The summed E-state index contributed by atoms with van der Waals surface area (Å²) in [6, 6.07) is 0.841. The molecule has 1 heteroatoms. The van der Waals surface area contributed by atoms with Gasteiger partial charge < -0.3 is 5.32 Å². The molecule has 2 rings (SSSR count). The molecule has 0 bridgehead atoms. The van der Waals surface area contributed by atoms with E-state index < -0.39 is 0 Å². The zero-order valence-electron chi connectivity index (χ0n) is 8.89. The Hall–Kier alpha value is -0.0400. The molecule has 2 aliphatic rings. The SMILES string of the molecule is CNC(CC1CCC1)C1CCCC1. The monoisotopic (exact) mass is 181 g/mol. The second kappa shape index (κ2) is 4.45. The zero-order valence-corrected chi connectivity index (χ0v) is 8.89. The van der Waals surface area contributed by atoms with Crippen LogP contribution >= 0.6 is 0 Å². The van der Waals surface area contributed by atoms with E-state index in [1.807, 2.05) is 0 Å². The maximum Gasteiger partial charge on any atom is 0.00949 e. The van der Waals surface area contributed by atoms with Gasteiger partial charge in [0.05, 0.1) is 0 Å². The van der Waals surface area contributed by atoms with Crippen LogP contribution in [-0.2, 0) is 0 Å². The Balaban J connectivity index is 1.77. The predicted molar refractivity (Wildman–Crippen MR) is 56.8 cm³/mol. The Morgan fingerprint density at radius 1 is 1.08 bits per heavy atom. The van der Waals surface area contributed by atoms with Crippen LogP contribution < -0.4 is 5.32 Å². The first-order chi connectivity index (χ1) is 6.40. The normalized spacial score (nSPS) is 27.5. The van der Waals surface area contributed by atoms with Gasteiger partial charge in [0.25, 0.3) is 0 Å². The fourth-order valence-corrected chi connectivity index (χ4v) is 2.99. The highest BCUT2D eigenvalue weighted by Gasteiger charge is 2.28. The lowest BCUT2D eigenvalue weighted by molar-refractivity contribution is 0.229. The first-order valence-corrected chi connectivity index (χ1v) is 6.07. The van der Waals surface area contributed by atoms with E-state index in [-0.39, 0.29) is 0 Å². The molecule has 0 heterocycles. The minimum absolute atomic E-state index is 0.841. The Morgan fingerprint density at radius 3 is 2.23 bits per heavy atom. The third kappa shape index (κ3) is 2.25. The van der Waals surface area contributed by atoms with Crippen molar-refractivity contribution >= 4 is 0 Å². The molecule has 1 unspecified atom stereocenters. The van der Waals surface area contributed by atoms with Crippen LogP contribution in [0.1, 0.15) is 51.4 Å². The molecule has 76 valence electrons. The lowest BCUT2D eigenvalue weighted by atomic mass is 9.78. The topological polar surface area (TPSA) is 12.0 Å². The molecule has 0 amide bonds. The minimum Gasteiger partial charge on any atom is -0.317 e. The largest absolute Gasteiger partial charge is 0.317 e. The van der Waals surface area contributed by atoms with Gasteiger partial charge in [-0.25, -0.2) is 0 Å². The summed E-state index contributed by atoms with van der Waals surface area (Å²) in [6.07, 6.45) is 11.9. The summed E-state index contributed by atoms with van der Waals surface area (Å²) in [7, 11) is 2.15. The third-order valence-electron chi connectivity index (χ3n) is 4.15. The minimum atomic E-state index is 0.841. The molecule has 0 aromatic heterocycles. The summed E-state index contributed by atoms with van der Waals surface area (Å²) < 4.78 is 0. The van der Waals surface area contributed by atoms with E-state index in [9.17, 15) is 0 Å². The fourth-order valence-electron chi connectivity index (χ4n) is 2.99. The van der Waals surface area contributed by atoms with Crippen molar-refractivity contribution in [3.63, 3.8) is 0 Å². The number of nitrogens with one attached hydrogen (secondary N) is 1. The molecule has 1 N–H and O–H groups in total. The second-order valence-electron chi connectivity index (χ2n) is 4.97. The molecule has 0 saturated heterocycles. The van der Waals surface area contributed by atoms with E-state index in [0.29, 0.717) is 0 Å². The average molecular weight is 181 g/mol. The Labute approximate surface area is 82.3 Å². The van der Waals surface area contributed by atoms with E-state index >= 15 is 0 Å². The van der Waals surface area contributed by atoms with Gasteiger partial charge in [0.15, 0.2) is 0 Å². The number of rotatable bonds is 4. The van der Waals surface area contributed by atoms with Gasteiger partial charge >= 0.3 is 0 Å². The molecule has 0 aromatic rings. The van der Waals surface area contributed by atoms with Crippen LogP contribution in [-0.4, -0.2) is 13.1 Å². The van der Waals surface area contributed by atoms with Gasteiger partial charge in [-0.15, -0.1) is 0 Å². The van der Waals surface area contributed by atoms with Crippen molar-refractivity contribution in [1.29, 1.82) is 0 Å². The highest BCUT2D eigenvalue weighted by molar-refractivity contribution is 4.83. The maximum absolute atomic E-state index is 3.54. The molecule has 2 aliphatic carbocycles. The summed E-state index contributed by atoms with van der Waals surface area (Å²) in [5.41, 5.74) is 0. The molecule has 0 aromatic carbocycles. The van der Waals surface area contributed by atoms with Crippen LogP contribution in [0.2, 0.25) is 0 Å². The predicted octanol–water partition coefficient (Wildman–Crippen LogP) is 2.95. The Kier molecular flexibility index (Phi) is 3.26. The van der Waals surface area contributed by atoms with Crippen molar-refractivity contribution in [2.24, 2.45) is 11.8 Å². The van der Waals surface area contributed by atoms with Crippen molar-refractivity contribution in [1.82, 2.24) is 5.32 Å². The van der Waals surface area contributed by atoms with E-state index in [2.05, 4.69) is 12.4 Å². The average Bonchev–Trinajstić information content (AvgIpc) is 2.55. The molecule has 1 atom stereocenters. The first kappa shape index (κ1) is 9.51. The molecule has 0 spiro atoms. The van der Waals surface area contributed by atoms with Crippen molar-refractivity contribution in [3.05, 3.63) is 0 Å². The number of hydrogen-bond acceptors (Lipinski definition) is 1. The van der Waals surface area contributed by atoms with Crippen molar-refractivity contribution < 1.29 is 0 Å². The van der Waals surface area contributed by atoms with Crippen LogP contribution in [0.4, 0.5) is 0 Å². The van der Waals surface area contributed by atoms with Gasteiger partial charge in [0.1, 0.15) is 0 Å². The highest BCUT2D eigenvalue weighted by Crippen LogP contribution is 2.35. The molecule has 2 saturated carbocycles. The van der Waals surface area contributed by atoms with Crippen molar-refractivity contribution in [2.75, 3.05) is 7.05 Å². The summed E-state index contributed by atoms with van der Waals surface area (Å²) in [4.78, 5) is 0. The third-order valence-corrected chi connectivity index (χ3v) is 4.15. The summed E-state index contributed by atoms with van der Waals surface area (Å²) in [5.74, 6) is 2.07. The molecule has 0 radical (unpaired) electrons. The second-order valence-corrected chi connectivity index (χ2v) is 4.97. The van der Waals surface area contributed by atoms with Crippen LogP contribution in [0.15, 0.2) is 0 Å². The van der Waals surface area contributed by atoms with Gasteiger partial charge in [-0.2, -0.15) is 0 Å². The van der Waals surface area contributed by atoms with Crippen molar-refractivity contribution in [2.45, 2.75) is 57.4 Å². The summed E-state index contributed by atoms with van der Waals surface area (Å²) >= 11 is 0. The Bertz CT molecular complexity index is 145. The van der Waals surface area contributed by atoms with Crippen LogP contribution in [0.25, 0.3) is 0 Å². The standard InChI is InChI=1S/C12H23N/c1-13-12(9-10-5-4-6-10)11-7-2-3-8-11/h10-13H,2-9H2,1H3. The highest BCUT2D eigenvalue weighted by atomic mass is 14.9. The van der Waals surface area contributed by atoms with E-state index in [4.69, 9.17) is 0 Å². The van der Waals surface area contributed by atoms with Crippen LogP contribution in [0.3, 0.4) is 0 Å². The summed E-state index contributed by atoms with van der Waals surface area (Å²) in [5, 5.41) is 3.54. The van der Waals surface area contributed by atoms with E-state index in [1.165, 1.54) is 51.4 Å². The van der Waals surface area contributed by atoms with Crippen molar-refractivity contribution in [3.8, 4) is 0 Å². The van der Waals surface area contributed by atoms with E-state index in [0.717, 1.165) is 17.9 Å². The molecular weight excluding hydrogens is 158 g/mol. The molecule has 2 fully saturated rings. The molecule has 13 heavy (non-hydrogen) atoms. The zero-order chi connectivity index (χ0) is 9.10. The van der Waals surface area contributed by atoms with E-state index in [1.54, 1.807) is 0 Å². The van der Waals surface area contributed by atoms with Crippen LogP contribution in [0.5, 0.6) is 0 Å². The molecular formula is C12H23N. The van der Waals surface area contributed by atoms with Gasteiger partial charge in [-0.05, 0) is 38.1 Å². The van der Waals surface area contributed by atoms with Gasteiger partial charge in [0.2, 0.25) is 0 Å². The molecule has 1 nitrogen and oxygen atoms in total. The Morgan fingerprint density at radius 2 is 1.77 bits per heavy atom. The number of hydrogen-bond donors (Lipinski definition) is 1. The lowest BCUT2D eigenvalue weighted by Gasteiger charge is -2.32. The van der Waals surface area contributed by atoms with Gasteiger partial charge in [0, 0.05) is 6.04 Å². The fraction of sp³-hybridized carbons (Fsp3) is 1.00. The summed E-state index contributed by atoms with van der Waals surface area (Å²) in [6.45, 7) is 0. The van der Waals surface area contributed by atoms with Gasteiger partial charge in [-0.1, -0.05) is 32.1 Å². The molecule has 0 aliphatic heterocycles. The maximum atomic E-state index is 3.54. The van der Waals surface area contributed by atoms with Gasteiger partial charge in [-0.3, -0.25) is 0 Å². The first-order valence-electron chi connectivity index (χ1n) is 6.07. The van der Waals surface area contributed by atoms with Crippen LogP contribution in [0, 0.1) is 11.8 Å². The smallest absolute Gasteiger partial charge is 0.00949 e.